The Morgan fingerprint density at radius 1 is 0.512 bits per heavy atom. The third-order valence-corrected chi connectivity index (χ3v) is 7.22. The lowest BCUT2D eigenvalue weighted by atomic mass is 9.97. The summed E-state index contributed by atoms with van der Waals surface area (Å²) in [6.07, 6.45) is -1.06. The SMILES string of the molecule is C=CCOC[C@H]1O[C@@H](OCc2ccccc2)[C@H](OCc2ccccc2)[C@@H](OCc2ccccc2)[C@@H]1OCc1ccccc1. The molecular weight excluding hydrogens is 540 g/mol. The molecule has 4 aromatic rings. The van der Waals surface area contributed by atoms with Crippen molar-refractivity contribution in [2.24, 2.45) is 0 Å². The topological polar surface area (TPSA) is 55.4 Å². The molecular formula is C37H40O6. The number of hydrogen-bond acceptors (Lipinski definition) is 6. The molecule has 5 atom stereocenters. The van der Waals surface area contributed by atoms with Crippen molar-refractivity contribution in [1.29, 1.82) is 0 Å². The lowest BCUT2D eigenvalue weighted by molar-refractivity contribution is -0.330. The van der Waals surface area contributed by atoms with Crippen LogP contribution in [0.1, 0.15) is 22.3 Å². The summed E-state index contributed by atoms with van der Waals surface area (Å²) in [5.41, 5.74) is 4.19. The van der Waals surface area contributed by atoms with E-state index in [9.17, 15) is 0 Å². The van der Waals surface area contributed by atoms with E-state index >= 15 is 0 Å². The third-order valence-electron chi connectivity index (χ3n) is 7.22. The quantitative estimate of drug-likeness (QED) is 0.106. The summed E-state index contributed by atoms with van der Waals surface area (Å²) >= 11 is 0. The molecule has 0 bridgehead atoms. The van der Waals surface area contributed by atoms with Gasteiger partial charge in [0, 0.05) is 0 Å². The van der Waals surface area contributed by atoms with Gasteiger partial charge in [-0.25, -0.2) is 0 Å². The van der Waals surface area contributed by atoms with E-state index in [0.29, 0.717) is 33.0 Å². The van der Waals surface area contributed by atoms with Crippen molar-refractivity contribution in [3.8, 4) is 0 Å². The van der Waals surface area contributed by atoms with Crippen molar-refractivity contribution in [2.45, 2.75) is 57.1 Å². The van der Waals surface area contributed by atoms with Crippen LogP contribution in [0, 0.1) is 0 Å². The predicted molar refractivity (Wildman–Crippen MR) is 166 cm³/mol. The van der Waals surface area contributed by atoms with Gasteiger partial charge in [0.2, 0.25) is 0 Å². The van der Waals surface area contributed by atoms with Crippen molar-refractivity contribution in [2.75, 3.05) is 13.2 Å². The smallest absolute Gasteiger partial charge is 0.187 e. The first kappa shape index (κ1) is 30.8. The fraction of sp³-hybridized carbons (Fsp3) is 0.297. The van der Waals surface area contributed by atoms with Crippen LogP contribution in [0.25, 0.3) is 0 Å². The summed E-state index contributed by atoms with van der Waals surface area (Å²) in [5, 5.41) is 0. The maximum absolute atomic E-state index is 6.70. The number of rotatable bonds is 16. The van der Waals surface area contributed by atoms with Crippen LogP contribution in [0.2, 0.25) is 0 Å². The molecule has 1 aliphatic rings. The Bertz CT molecular complexity index is 1320. The zero-order chi connectivity index (χ0) is 29.5. The minimum atomic E-state index is -0.724. The first-order valence-corrected chi connectivity index (χ1v) is 14.8. The van der Waals surface area contributed by atoms with Crippen LogP contribution in [0.4, 0.5) is 0 Å². The van der Waals surface area contributed by atoms with Gasteiger partial charge in [-0.2, -0.15) is 0 Å². The maximum Gasteiger partial charge on any atom is 0.187 e. The molecule has 1 heterocycles. The summed E-state index contributed by atoms with van der Waals surface area (Å²) in [7, 11) is 0. The molecule has 5 rings (SSSR count). The van der Waals surface area contributed by atoms with E-state index in [2.05, 4.69) is 6.58 Å². The van der Waals surface area contributed by atoms with Crippen LogP contribution in [-0.4, -0.2) is 43.9 Å². The lowest BCUT2D eigenvalue weighted by Gasteiger charge is -2.46. The second-order valence-electron chi connectivity index (χ2n) is 10.4. The van der Waals surface area contributed by atoms with Gasteiger partial charge in [0.05, 0.1) is 39.6 Å². The van der Waals surface area contributed by atoms with Gasteiger partial charge in [-0.1, -0.05) is 127 Å². The Labute approximate surface area is 254 Å². The highest BCUT2D eigenvalue weighted by atomic mass is 16.7. The lowest BCUT2D eigenvalue weighted by Crippen LogP contribution is -2.61. The molecule has 0 N–H and O–H groups in total. The van der Waals surface area contributed by atoms with Crippen molar-refractivity contribution in [3.05, 3.63) is 156 Å². The van der Waals surface area contributed by atoms with Gasteiger partial charge in [0.1, 0.15) is 24.4 Å². The van der Waals surface area contributed by atoms with Gasteiger partial charge in [0.25, 0.3) is 0 Å². The Kier molecular flexibility index (Phi) is 12.1. The summed E-state index contributed by atoms with van der Waals surface area (Å²) in [6, 6.07) is 40.3. The third kappa shape index (κ3) is 9.43. The Morgan fingerprint density at radius 3 is 1.35 bits per heavy atom. The van der Waals surface area contributed by atoms with E-state index in [1.54, 1.807) is 6.08 Å². The average molecular weight is 581 g/mol. The molecule has 224 valence electrons. The molecule has 43 heavy (non-hydrogen) atoms. The molecule has 0 unspecified atom stereocenters. The summed E-state index contributed by atoms with van der Waals surface area (Å²) in [6.45, 7) is 5.97. The highest BCUT2D eigenvalue weighted by Crippen LogP contribution is 2.32. The van der Waals surface area contributed by atoms with Crippen LogP contribution >= 0.6 is 0 Å². The van der Waals surface area contributed by atoms with Gasteiger partial charge in [-0.05, 0) is 22.3 Å². The molecule has 4 aromatic carbocycles. The van der Waals surface area contributed by atoms with E-state index in [4.69, 9.17) is 28.4 Å². The minimum absolute atomic E-state index is 0.285. The molecule has 0 aromatic heterocycles. The Morgan fingerprint density at radius 2 is 0.907 bits per heavy atom. The first-order valence-electron chi connectivity index (χ1n) is 14.8. The predicted octanol–water partition coefficient (Wildman–Crippen LogP) is 6.89. The Hall–Kier alpha value is -3.62. The summed E-state index contributed by atoms with van der Waals surface area (Å²) in [5.74, 6) is 0. The van der Waals surface area contributed by atoms with Gasteiger partial charge in [-0.15, -0.1) is 6.58 Å². The fourth-order valence-electron chi connectivity index (χ4n) is 5.03. The van der Waals surface area contributed by atoms with Crippen LogP contribution in [-0.2, 0) is 54.8 Å². The van der Waals surface area contributed by atoms with E-state index < -0.39 is 30.7 Å². The zero-order valence-electron chi connectivity index (χ0n) is 24.4. The van der Waals surface area contributed by atoms with Gasteiger partial charge in [0.15, 0.2) is 6.29 Å². The molecule has 1 aliphatic heterocycles. The molecule has 0 amide bonds. The van der Waals surface area contributed by atoms with Crippen LogP contribution in [0.15, 0.2) is 134 Å². The number of ether oxygens (including phenoxy) is 6. The molecule has 0 spiro atoms. The molecule has 1 fully saturated rings. The Balaban J connectivity index is 1.44. The first-order chi connectivity index (χ1) is 21.3. The molecule has 6 nitrogen and oxygen atoms in total. The van der Waals surface area contributed by atoms with Crippen LogP contribution < -0.4 is 0 Å². The zero-order valence-corrected chi connectivity index (χ0v) is 24.4. The van der Waals surface area contributed by atoms with Gasteiger partial charge >= 0.3 is 0 Å². The van der Waals surface area contributed by atoms with Crippen molar-refractivity contribution in [3.63, 3.8) is 0 Å². The molecule has 0 saturated carbocycles. The highest BCUT2D eigenvalue weighted by molar-refractivity contribution is 5.16. The molecule has 1 saturated heterocycles. The van der Waals surface area contributed by atoms with Crippen molar-refractivity contribution >= 4 is 0 Å². The average Bonchev–Trinajstić information content (AvgIpc) is 3.07. The highest BCUT2D eigenvalue weighted by Gasteiger charge is 2.49. The minimum Gasteiger partial charge on any atom is -0.375 e. The summed E-state index contributed by atoms with van der Waals surface area (Å²) in [4.78, 5) is 0. The van der Waals surface area contributed by atoms with Gasteiger partial charge in [-0.3, -0.25) is 0 Å². The molecule has 0 aliphatic carbocycles. The van der Waals surface area contributed by atoms with Gasteiger partial charge < -0.3 is 28.4 Å². The van der Waals surface area contributed by atoms with E-state index in [0.717, 1.165) is 22.3 Å². The monoisotopic (exact) mass is 580 g/mol. The van der Waals surface area contributed by atoms with Crippen molar-refractivity contribution < 1.29 is 28.4 Å². The second-order valence-corrected chi connectivity index (χ2v) is 10.4. The largest absolute Gasteiger partial charge is 0.375 e. The fourth-order valence-corrected chi connectivity index (χ4v) is 5.03. The number of hydrogen-bond donors (Lipinski definition) is 0. The number of benzene rings is 4. The van der Waals surface area contributed by atoms with Crippen molar-refractivity contribution in [1.82, 2.24) is 0 Å². The van der Waals surface area contributed by atoms with E-state index in [1.165, 1.54) is 0 Å². The van der Waals surface area contributed by atoms with E-state index in [1.807, 2.05) is 121 Å². The summed E-state index contributed by atoms with van der Waals surface area (Å²) < 4.78 is 38.9. The van der Waals surface area contributed by atoms with Crippen LogP contribution in [0.5, 0.6) is 0 Å². The van der Waals surface area contributed by atoms with Crippen LogP contribution in [0.3, 0.4) is 0 Å². The molecule has 0 radical (unpaired) electrons. The maximum atomic E-state index is 6.70. The normalized spacial score (nSPS) is 21.8. The molecule has 6 heteroatoms. The standard InChI is InChI=1S/C37H40O6/c1-2-23-38-28-33-34(39-24-29-15-7-3-8-16-29)35(40-25-30-17-9-4-10-18-30)36(41-26-31-19-11-5-12-20-31)37(43-33)42-27-32-21-13-6-14-22-32/h2-22,33-37H,1,23-28H2/t33-,34-,35+,36-,37-/m1/s1. The second kappa shape index (κ2) is 16.9. The van der Waals surface area contributed by atoms with E-state index in [-0.39, 0.29) is 6.61 Å².